The Hall–Kier alpha value is -3.04. The van der Waals surface area contributed by atoms with Crippen LogP contribution in [0.15, 0.2) is 70.2 Å². The highest BCUT2D eigenvalue weighted by molar-refractivity contribution is 7.89. The maximum Gasteiger partial charge on any atom is 0.251 e. The van der Waals surface area contributed by atoms with Gasteiger partial charge in [0.1, 0.15) is 17.4 Å². The van der Waals surface area contributed by atoms with Crippen molar-refractivity contribution in [3.05, 3.63) is 89.4 Å². The fraction of sp³-hybridized carbons (Fsp3) is 0.227. The van der Waals surface area contributed by atoms with Gasteiger partial charge in [0.15, 0.2) is 4.90 Å². The molecular formula is C22H20F2N2O4S. The molecule has 1 aliphatic rings. The van der Waals surface area contributed by atoms with Crippen LogP contribution in [0.4, 0.5) is 8.78 Å². The van der Waals surface area contributed by atoms with Crippen LogP contribution in [0.2, 0.25) is 0 Å². The monoisotopic (exact) mass is 446 g/mol. The van der Waals surface area contributed by atoms with Crippen molar-refractivity contribution in [1.82, 2.24) is 9.62 Å². The van der Waals surface area contributed by atoms with Crippen molar-refractivity contribution in [3.8, 4) is 0 Å². The van der Waals surface area contributed by atoms with Gasteiger partial charge in [0.2, 0.25) is 10.0 Å². The molecule has 0 saturated heterocycles. The van der Waals surface area contributed by atoms with Crippen LogP contribution >= 0.6 is 0 Å². The van der Waals surface area contributed by atoms with Crippen molar-refractivity contribution in [1.29, 1.82) is 0 Å². The topological polar surface area (TPSA) is 79.6 Å². The molecule has 1 aliphatic carbocycles. The second kappa shape index (κ2) is 8.60. The third-order valence-electron chi connectivity index (χ3n) is 4.92. The van der Waals surface area contributed by atoms with E-state index in [9.17, 15) is 22.0 Å². The van der Waals surface area contributed by atoms with E-state index in [1.54, 1.807) is 36.4 Å². The van der Waals surface area contributed by atoms with Gasteiger partial charge in [-0.05, 0) is 54.8 Å². The average Bonchev–Trinajstić information content (AvgIpc) is 3.39. The SMILES string of the molecule is O=C(NC1CC1)c1ccc(CN(Cc2ccco2)S(=O)(=O)c2c(F)cccc2F)cc1. The van der Waals surface area contributed by atoms with E-state index >= 15 is 0 Å². The van der Waals surface area contributed by atoms with Gasteiger partial charge in [-0.2, -0.15) is 4.31 Å². The summed E-state index contributed by atoms with van der Waals surface area (Å²) in [5, 5.41) is 2.88. The maximum atomic E-state index is 14.3. The van der Waals surface area contributed by atoms with Crippen LogP contribution in [-0.4, -0.2) is 24.7 Å². The lowest BCUT2D eigenvalue weighted by Crippen LogP contribution is -2.31. The van der Waals surface area contributed by atoms with Gasteiger partial charge in [-0.3, -0.25) is 4.79 Å². The molecule has 0 aliphatic heterocycles. The highest BCUT2D eigenvalue weighted by Gasteiger charge is 2.31. The Bertz CT molecular complexity index is 1150. The molecule has 0 bridgehead atoms. The number of sulfonamides is 1. The molecule has 0 unspecified atom stereocenters. The maximum absolute atomic E-state index is 14.3. The predicted octanol–water partition coefficient (Wildman–Crippen LogP) is 3.84. The number of furan rings is 1. The molecule has 2 aromatic carbocycles. The third kappa shape index (κ3) is 4.83. The fourth-order valence-corrected chi connectivity index (χ4v) is 4.63. The lowest BCUT2D eigenvalue weighted by Gasteiger charge is -2.22. The Kier molecular flexibility index (Phi) is 5.88. The Morgan fingerprint density at radius 2 is 1.68 bits per heavy atom. The van der Waals surface area contributed by atoms with E-state index in [4.69, 9.17) is 4.42 Å². The number of halogens is 2. The van der Waals surface area contributed by atoms with Gasteiger partial charge in [-0.25, -0.2) is 17.2 Å². The highest BCUT2D eigenvalue weighted by atomic mass is 32.2. The van der Waals surface area contributed by atoms with E-state index in [1.807, 2.05) is 0 Å². The molecule has 0 atom stereocenters. The number of nitrogens with one attached hydrogen (secondary N) is 1. The summed E-state index contributed by atoms with van der Waals surface area (Å²) in [6.45, 7) is -0.381. The number of benzene rings is 2. The van der Waals surface area contributed by atoms with Crippen LogP contribution in [0.1, 0.15) is 34.5 Å². The molecule has 4 rings (SSSR count). The van der Waals surface area contributed by atoms with Crippen LogP contribution in [0.3, 0.4) is 0 Å². The first-order valence-electron chi connectivity index (χ1n) is 9.71. The van der Waals surface area contributed by atoms with E-state index in [2.05, 4.69) is 5.32 Å². The summed E-state index contributed by atoms with van der Waals surface area (Å²) in [4.78, 5) is 11.1. The van der Waals surface area contributed by atoms with Crippen LogP contribution in [0.5, 0.6) is 0 Å². The Balaban J connectivity index is 1.61. The molecule has 1 N–H and O–H groups in total. The van der Waals surface area contributed by atoms with Crippen LogP contribution in [0, 0.1) is 11.6 Å². The van der Waals surface area contributed by atoms with Gasteiger partial charge in [-0.1, -0.05) is 18.2 Å². The molecular weight excluding hydrogens is 426 g/mol. The summed E-state index contributed by atoms with van der Waals surface area (Å²) in [5.74, 6) is -2.21. The number of hydrogen-bond acceptors (Lipinski definition) is 4. The van der Waals surface area contributed by atoms with Crippen molar-refractivity contribution in [3.63, 3.8) is 0 Å². The lowest BCUT2D eigenvalue weighted by atomic mass is 10.1. The molecule has 6 nitrogen and oxygen atoms in total. The number of amides is 1. The zero-order chi connectivity index (χ0) is 22.0. The zero-order valence-electron chi connectivity index (χ0n) is 16.4. The zero-order valence-corrected chi connectivity index (χ0v) is 17.2. The molecule has 3 aromatic rings. The number of carbonyl (C=O) groups is 1. The summed E-state index contributed by atoms with van der Waals surface area (Å²) < 4.78 is 61.0. The van der Waals surface area contributed by atoms with Gasteiger partial charge >= 0.3 is 0 Å². The van der Waals surface area contributed by atoms with Crippen LogP contribution in [-0.2, 0) is 23.1 Å². The minimum atomic E-state index is -4.53. The number of rotatable bonds is 8. The minimum Gasteiger partial charge on any atom is -0.468 e. The van der Waals surface area contributed by atoms with Crippen LogP contribution in [0.25, 0.3) is 0 Å². The van der Waals surface area contributed by atoms with E-state index in [0.717, 1.165) is 35.3 Å². The number of carbonyl (C=O) groups excluding carboxylic acids is 1. The van der Waals surface area contributed by atoms with Gasteiger partial charge in [0.05, 0.1) is 12.8 Å². The van der Waals surface area contributed by atoms with Gasteiger partial charge in [0.25, 0.3) is 5.91 Å². The second-order valence-corrected chi connectivity index (χ2v) is 9.22. The smallest absolute Gasteiger partial charge is 0.251 e. The number of nitrogens with zero attached hydrogens (tertiary/aromatic N) is 1. The average molecular weight is 446 g/mol. The molecule has 1 saturated carbocycles. The predicted molar refractivity (Wildman–Crippen MR) is 108 cm³/mol. The Morgan fingerprint density at radius 1 is 1.00 bits per heavy atom. The first kappa shape index (κ1) is 21.2. The molecule has 0 spiro atoms. The highest BCUT2D eigenvalue weighted by Crippen LogP contribution is 2.26. The first-order valence-corrected chi connectivity index (χ1v) is 11.1. The van der Waals surface area contributed by atoms with E-state index in [0.29, 0.717) is 16.9 Å². The summed E-state index contributed by atoms with van der Waals surface area (Å²) in [6.07, 6.45) is 3.32. The van der Waals surface area contributed by atoms with Crippen molar-refractivity contribution in [2.45, 2.75) is 36.9 Å². The van der Waals surface area contributed by atoms with Crippen molar-refractivity contribution in [2.24, 2.45) is 0 Å². The van der Waals surface area contributed by atoms with E-state index in [-0.39, 0.29) is 25.0 Å². The Labute approximate surface area is 178 Å². The number of hydrogen-bond donors (Lipinski definition) is 1. The molecule has 0 radical (unpaired) electrons. The largest absolute Gasteiger partial charge is 0.468 e. The quantitative estimate of drug-likeness (QED) is 0.570. The van der Waals surface area contributed by atoms with Crippen molar-refractivity contribution >= 4 is 15.9 Å². The molecule has 1 amide bonds. The first-order chi connectivity index (χ1) is 14.8. The summed E-state index contributed by atoms with van der Waals surface area (Å²) in [7, 11) is -4.53. The molecule has 31 heavy (non-hydrogen) atoms. The van der Waals surface area contributed by atoms with Gasteiger partial charge < -0.3 is 9.73 Å². The summed E-state index contributed by atoms with van der Waals surface area (Å²) in [6, 6.07) is 12.7. The van der Waals surface area contributed by atoms with E-state index in [1.165, 1.54) is 6.26 Å². The molecule has 1 heterocycles. The van der Waals surface area contributed by atoms with Crippen molar-refractivity contribution < 1.29 is 26.4 Å². The minimum absolute atomic E-state index is 0.165. The summed E-state index contributed by atoms with van der Waals surface area (Å²) >= 11 is 0. The standard InChI is InChI=1S/C22H20F2N2O4S/c23-19-4-1-5-20(24)21(19)31(28,29)26(14-18-3-2-12-30-18)13-15-6-8-16(9-7-15)22(27)25-17-10-11-17/h1-9,12,17H,10-11,13-14H2,(H,25,27). The second-order valence-electron chi connectivity index (χ2n) is 7.35. The van der Waals surface area contributed by atoms with Gasteiger partial charge in [-0.15, -0.1) is 0 Å². The lowest BCUT2D eigenvalue weighted by molar-refractivity contribution is 0.0951. The molecule has 1 aromatic heterocycles. The summed E-state index contributed by atoms with van der Waals surface area (Å²) in [5.41, 5.74) is 1.01. The van der Waals surface area contributed by atoms with Crippen LogP contribution < -0.4 is 5.32 Å². The Morgan fingerprint density at radius 3 is 2.26 bits per heavy atom. The molecule has 162 valence electrons. The normalized spacial score (nSPS) is 14.0. The fourth-order valence-electron chi connectivity index (χ4n) is 3.12. The van der Waals surface area contributed by atoms with E-state index < -0.39 is 26.6 Å². The van der Waals surface area contributed by atoms with Gasteiger partial charge in [0, 0.05) is 18.2 Å². The van der Waals surface area contributed by atoms with Crippen molar-refractivity contribution in [2.75, 3.05) is 0 Å². The third-order valence-corrected chi connectivity index (χ3v) is 6.76. The molecule has 9 heteroatoms. The molecule has 1 fully saturated rings.